The Balaban J connectivity index is 1.76. The van der Waals surface area contributed by atoms with Gasteiger partial charge in [0.15, 0.2) is 11.5 Å². The monoisotopic (exact) mass is 483 g/mol. The van der Waals surface area contributed by atoms with Crippen LogP contribution in [0.1, 0.15) is 22.6 Å². The Morgan fingerprint density at radius 2 is 1.76 bits per heavy atom. The van der Waals surface area contributed by atoms with Gasteiger partial charge in [0, 0.05) is 5.56 Å². The number of rotatable bonds is 5. The second-order valence-electron chi connectivity index (χ2n) is 6.46. The quantitative estimate of drug-likeness (QED) is 0.410. The fourth-order valence-electron chi connectivity index (χ4n) is 3.04. The molecule has 33 heavy (non-hydrogen) atoms. The smallest absolute Gasteiger partial charge is 0.319 e. The molecule has 0 bridgehead atoms. The number of aromatic nitrogens is 6. The Hall–Kier alpha value is -3.87. The maximum atomic E-state index is 13.9. The summed E-state index contributed by atoms with van der Waals surface area (Å²) >= 11 is 6.09. The molecule has 0 saturated heterocycles. The predicted molar refractivity (Wildman–Crippen MR) is 106 cm³/mol. The van der Waals surface area contributed by atoms with Crippen molar-refractivity contribution in [3.63, 3.8) is 0 Å². The van der Waals surface area contributed by atoms with E-state index in [1.807, 2.05) is 0 Å². The van der Waals surface area contributed by atoms with Gasteiger partial charge in [0.1, 0.15) is 5.56 Å². The highest BCUT2D eigenvalue weighted by Crippen LogP contribution is 2.41. The van der Waals surface area contributed by atoms with Crippen LogP contribution >= 0.6 is 11.6 Å². The third-order valence-electron chi connectivity index (χ3n) is 4.33. The molecule has 4 rings (SSSR count). The van der Waals surface area contributed by atoms with E-state index in [9.17, 15) is 26.7 Å². The maximum Gasteiger partial charge on any atom is 0.420 e. The first-order valence-electron chi connectivity index (χ1n) is 9.03. The average Bonchev–Trinajstić information content (AvgIpc) is 3.42. The number of benzene rings is 1. The molecular weight excluding hydrogens is 473 g/mol. The Morgan fingerprint density at radius 1 is 1.09 bits per heavy atom. The van der Waals surface area contributed by atoms with Crippen molar-refractivity contribution >= 4 is 23.2 Å². The van der Waals surface area contributed by atoms with Crippen LogP contribution in [0, 0.1) is 0 Å². The van der Waals surface area contributed by atoms with Crippen LogP contribution in [0.5, 0.6) is 0 Å². The van der Waals surface area contributed by atoms with Gasteiger partial charge in [-0.25, -0.2) is 9.67 Å². The molecule has 0 spiro atoms. The standard InChI is InChI=1S/C19H11ClF5N7O/c20-12-8-11(9-26-16(12)32-27-6-7-28-32)29-17(33)14-13(19(23,24)25)15(31(30-14)18(21)22)10-4-2-1-3-5-10/h1-9,18H,(H,29,33). The molecular formula is C19H11ClF5N7O. The molecule has 170 valence electrons. The summed E-state index contributed by atoms with van der Waals surface area (Å²) in [5, 5.41) is 13.1. The molecule has 1 N–H and O–H groups in total. The van der Waals surface area contributed by atoms with E-state index in [4.69, 9.17) is 11.6 Å². The van der Waals surface area contributed by atoms with Gasteiger partial charge in [-0.2, -0.15) is 37.2 Å². The fraction of sp³-hybridized carbons (Fsp3) is 0.105. The molecule has 0 radical (unpaired) electrons. The van der Waals surface area contributed by atoms with Crippen molar-refractivity contribution < 1.29 is 26.7 Å². The summed E-state index contributed by atoms with van der Waals surface area (Å²) in [5.41, 5.74) is -4.03. The van der Waals surface area contributed by atoms with Gasteiger partial charge < -0.3 is 5.32 Å². The number of nitrogens with zero attached hydrogens (tertiary/aromatic N) is 6. The fourth-order valence-corrected chi connectivity index (χ4v) is 3.28. The van der Waals surface area contributed by atoms with Crippen LogP contribution in [0.25, 0.3) is 17.1 Å². The Kier molecular flexibility index (Phi) is 5.80. The molecule has 0 saturated carbocycles. The van der Waals surface area contributed by atoms with E-state index in [0.29, 0.717) is 0 Å². The number of alkyl halides is 5. The van der Waals surface area contributed by atoms with Crippen molar-refractivity contribution in [3.05, 3.63) is 71.3 Å². The van der Waals surface area contributed by atoms with Crippen LogP contribution in [0.2, 0.25) is 5.02 Å². The zero-order valence-corrected chi connectivity index (χ0v) is 16.9. The highest BCUT2D eigenvalue weighted by molar-refractivity contribution is 6.32. The third kappa shape index (κ3) is 4.39. The lowest BCUT2D eigenvalue weighted by Crippen LogP contribution is -2.19. The maximum absolute atomic E-state index is 13.9. The SMILES string of the molecule is O=C(Nc1cnc(-n2nccn2)c(Cl)c1)c1nn(C(F)F)c(-c2ccccc2)c1C(F)(F)F. The van der Waals surface area contributed by atoms with E-state index < -0.39 is 35.6 Å². The van der Waals surface area contributed by atoms with Crippen molar-refractivity contribution in [2.24, 2.45) is 0 Å². The number of pyridine rings is 1. The summed E-state index contributed by atoms with van der Waals surface area (Å²) in [6, 6.07) is 7.87. The van der Waals surface area contributed by atoms with E-state index >= 15 is 0 Å². The van der Waals surface area contributed by atoms with Gasteiger partial charge in [0.25, 0.3) is 5.91 Å². The number of carbonyl (C=O) groups is 1. The van der Waals surface area contributed by atoms with Crippen molar-refractivity contribution in [2.45, 2.75) is 12.7 Å². The van der Waals surface area contributed by atoms with Gasteiger partial charge in [0.2, 0.25) is 0 Å². The number of carbonyl (C=O) groups excluding carboxylic acids is 1. The lowest BCUT2D eigenvalue weighted by Gasteiger charge is -2.12. The minimum atomic E-state index is -5.16. The normalized spacial score (nSPS) is 11.7. The molecule has 1 amide bonds. The second kappa shape index (κ2) is 8.58. The molecule has 0 aliphatic carbocycles. The molecule has 8 nitrogen and oxygen atoms in total. The number of amides is 1. The average molecular weight is 484 g/mol. The van der Waals surface area contributed by atoms with E-state index in [0.717, 1.165) is 11.0 Å². The van der Waals surface area contributed by atoms with Crippen LogP contribution in [-0.2, 0) is 6.18 Å². The summed E-state index contributed by atoms with van der Waals surface area (Å²) in [4.78, 5) is 17.7. The molecule has 0 unspecified atom stereocenters. The summed E-state index contributed by atoms with van der Waals surface area (Å²) in [7, 11) is 0. The molecule has 0 atom stereocenters. The summed E-state index contributed by atoms with van der Waals surface area (Å²) in [6.07, 6.45) is -1.32. The van der Waals surface area contributed by atoms with Crippen molar-refractivity contribution in [2.75, 3.05) is 5.32 Å². The van der Waals surface area contributed by atoms with Crippen LogP contribution < -0.4 is 5.32 Å². The van der Waals surface area contributed by atoms with Gasteiger partial charge in [-0.05, 0) is 6.07 Å². The van der Waals surface area contributed by atoms with Crippen LogP contribution in [0.3, 0.4) is 0 Å². The Labute approximate surface area is 186 Å². The van der Waals surface area contributed by atoms with Gasteiger partial charge in [-0.15, -0.1) is 4.80 Å². The highest BCUT2D eigenvalue weighted by Gasteiger charge is 2.43. The molecule has 3 aromatic heterocycles. The van der Waals surface area contributed by atoms with Crippen LogP contribution in [0.15, 0.2) is 55.0 Å². The van der Waals surface area contributed by atoms with Crippen molar-refractivity contribution in [1.82, 2.24) is 29.8 Å². The second-order valence-corrected chi connectivity index (χ2v) is 6.87. The molecule has 4 aromatic rings. The topological polar surface area (TPSA) is 90.5 Å². The first kappa shape index (κ1) is 22.3. The third-order valence-corrected chi connectivity index (χ3v) is 4.61. The van der Waals surface area contributed by atoms with Crippen LogP contribution in [0.4, 0.5) is 27.6 Å². The Morgan fingerprint density at radius 3 is 2.33 bits per heavy atom. The van der Waals surface area contributed by atoms with Crippen molar-refractivity contribution in [1.29, 1.82) is 0 Å². The number of anilines is 1. The Bertz CT molecular complexity index is 1290. The zero-order chi connectivity index (χ0) is 23.8. The number of halogens is 6. The van der Waals surface area contributed by atoms with Gasteiger partial charge >= 0.3 is 12.7 Å². The largest absolute Gasteiger partial charge is 0.420 e. The molecule has 0 aliphatic rings. The van der Waals surface area contributed by atoms with E-state index in [-0.39, 0.29) is 26.8 Å². The van der Waals surface area contributed by atoms with Gasteiger partial charge in [-0.1, -0.05) is 41.9 Å². The first-order valence-corrected chi connectivity index (χ1v) is 9.41. The van der Waals surface area contributed by atoms with E-state index in [2.05, 4.69) is 25.6 Å². The number of hydrogen-bond acceptors (Lipinski definition) is 5. The number of hydrogen-bond donors (Lipinski definition) is 1. The van der Waals surface area contributed by atoms with Gasteiger partial charge in [-0.3, -0.25) is 4.79 Å². The lowest BCUT2D eigenvalue weighted by atomic mass is 10.0. The van der Waals surface area contributed by atoms with E-state index in [1.165, 1.54) is 48.8 Å². The van der Waals surface area contributed by atoms with Crippen LogP contribution in [-0.4, -0.2) is 35.7 Å². The van der Waals surface area contributed by atoms with Crippen molar-refractivity contribution in [3.8, 4) is 17.1 Å². The lowest BCUT2D eigenvalue weighted by molar-refractivity contribution is -0.137. The minimum absolute atomic E-state index is 0.0249. The minimum Gasteiger partial charge on any atom is -0.319 e. The molecule has 0 fully saturated rings. The summed E-state index contributed by atoms with van der Waals surface area (Å²) in [6.45, 7) is -3.43. The molecule has 3 heterocycles. The first-order chi connectivity index (χ1) is 15.7. The number of nitrogens with one attached hydrogen (secondary N) is 1. The van der Waals surface area contributed by atoms with Gasteiger partial charge in [0.05, 0.1) is 35.0 Å². The predicted octanol–water partition coefficient (Wildman–Crippen LogP) is 4.85. The van der Waals surface area contributed by atoms with E-state index in [1.54, 1.807) is 0 Å². The molecule has 14 heteroatoms. The molecule has 0 aliphatic heterocycles. The molecule has 1 aromatic carbocycles. The highest BCUT2D eigenvalue weighted by atomic mass is 35.5. The zero-order valence-electron chi connectivity index (χ0n) is 16.1. The summed E-state index contributed by atoms with van der Waals surface area (Å²) < 4.78 is 68.8. The summed E-state index contributed by atoms with van der Waals surface area (Å²) in [5.74, 6) is -1.27.